The Morgan fingerprint density at radius 1 is 1.15 bits per heavy atom. The standard InChI is InChI=1S/C14H17BrO4S/c15-10-7-8-12(14(16)17)13(9-10)20(18,19)11-5-3-1-2-4-6-11/h7-9,11H,1-6H2,(H,16,17). The summed E-state index contributed by atoms with van der Waals surface area (Å²) in [5.74, 6) is -1.20. The van der Waals surface area contributed by atoms with E-state index >= 15 is 0 Å². The molecule has 1 aromatic rings. The normalized spacial score (nSPS) is 17.6. The first-order chi connectivity index (χ1) is 9.43. The SMILES string of the molecule is O=C(O)c1ccc(Br)cc1S(=O)(=O)C1CCCCCC1. The van der Waals surface area contributed by atoms with Gasteiger partial charge in [-0.1, -0.05) is 41.6 Å². The van der Waals surface area contributed by atoms with Crippen LogP contribution in [0.4, 0.5) is 0 Å². The minimum atomic E-state index is -3.59. The molecule has 0 saturated heterocycles. The van der Waals surface area contributed by atoms with Crippen LogP contribution in [0.1, 0.15) is 48.9 Å². The van der Waals surface area contributed by atoms with Gasteiger partial charge in [-0.3, -0.25) is 0 Å². The van der Waals surface area contributed by atoms with Crippen LogP contribution in [0.25, 0.3) is 0 Å². The Kier molecular flexibility index (Phi) is 4.86. The number of hydrogen-bond donors (Lipinski definition) is 1. The van der Waals surface area contributed by atoms with Crippen LogP contribution in [0.5, 0.6) is 0 Å². The molecule has 0 aromatic heterocycles. The first kappa shape index (κ1) is 15.5. The highest BCUT2D eigenvalue weighted by molar-refractivity contribution is 9.10. The van der Waals surface area contributed by atoms with Crippen molar-refractivity contribution in [1.29, 1.82) is 0 Å². The number of halogens is 1. The second kappa shape index (κ2) is 6.26. The number of carbonyl (C=O) groups is 1. The number of sulfone groups is 1. The van der Waals surface area contributed by atoms with E-state index in [0.29, 0.717) is 17.3 Å². The Balaban J connectivity index is 2.47. The van der Waals surface area contributed by atoms with Crippen molar-refractivity contribution < 1.29 is 18.3 Å². The Labute approximate surface area is 127 Å². The molecule has 1 saturated carbocycles. The van der Waals surface area contributed by atoms with E-state index in [1.165, 1.54) is 12.1 Å². The lowest BCUT2D eigenvalue weighted by Crippen LogP contribution is -2.23. The molecule has 0 unspecified atom stereocenters. The van der Waals surface area contributed by atoms with Gasteiger partial charge < -0.3 is 5.11 Å². The number of benzene rings is 1. The van der Waals surface area contributed by atoms with Crippen molar-refractivity contribution in [2.45, 2.75) is 48.7 Å². The lowest BCUT2D eigenvalue weighted by molar-refractivity contribution is 0.0692. The van der Waals surface area contributed by atoms with Crippen LogP contribution in [0.3, 0.4) is 0 Å². The van der Waals surface area contributed by atoms with Gasteiger partial charge in [0.05, 0.1) is 15.7 Å². The summed E-state index contributed by atoms with van der Waals surface area (Å²) >= 11 is 3.22. The van der Waals surface area contributed by atoms with Crippen LogP contribution in [0.2, 0.25) is 0 Å². The average Bonchev–Trinajstić information content (AvgIpc) is 2.67. The summed E-state index contributed by atoms with van der Waals surface area (Å²) in [4.78, 5) is 11.2. The zero-order valence-corrected chi connectivity index (χ0v) is 13.4. The third-order valence-corrected chi connectivity index (χ3v) is 6.51. The molecule has 0 radical (unpaired) electrons. The molecule has 0 atom stereocenters. The van der Waals surface area contributed by atoms with Crippen molar-refractivity contribution >= 4 is 31.7 Å². The summed E-state index contributed by atoms with van der Waals surface area (Å²) in [5, 5.41) is 8.73. The van der Waals surface area contributed by atoms with Crippen molar-refractivity contribution in [3.05, 3.63) is 28.2 Å². The van der Waals surface area contributed by atoms with Gasteiger partial charge in [-0.2, -0.15) is 0 Å². The van der Waals surface area contributed by atoms with Crippen molar-refractivity contribution in [3.63, 3.8) is 0 Å². The van der Waals surface area contributed by atoms with Crippen LogP contribution in [-0.4, -0.2) is 24.7 Å². The molecule has 110 valence electrons. The lowest BCUT2D eigenvalue weighted by atomic mass is 10.2. The van der Waals surface area contributed by atoms with Gasteiger partial charge in [0.15, 0.2) is 9.84 Å². The van der Waals surface area contributed by atoms with Crippen LogP contribution < -0.4 is 0 Å². The third kappa shape index (κ3) is 3.23. The van der Waals surface area contributed by atoms with E-state index in [-0.39, 0.29) is 10.5 Å². The molecule has 0 heterocycles. The van der Waals surface area contributed by atoms with Gasteiger partial charge in [-0.05, 0) is 31.0 Å². The molecule has 0 spiro atoms. The van der Waals surface area contributed by atoms with Gasteiger partial charge >= 0.3 is 5.97 Å². The van der Waals surface area contributed by atoms with E-state index in [0.717, 1.165) is 25.7 Å². The fourth-order valence-electron chi connectivity index (χ4n) is 2.64. The number of aromatic carboxylic acids is 1. The number of carboxylic acid groups (broad SMARTS) is 1. The first-order valence-electron chi connectivity index (χ1n) is 6.69. The zero-order chi connectivity index (χ0) is 14.8. The largest absolute Gasteiger partial charge is 0.478 e. The molecule has 1 N–H and O–H groups in total. The molecule has 20 heavy (non-hydrogen) atoms. The maximum absolute atomic E-state index is 12.7. The van der Waals surface area contributed by atoms with Gasteiger partial charge in [0.25, 0.3) is 0 Å². The van der Waals surface area contributed by atoms with E-state index in [2.05, 4.69) is 15.9 Å². The molecule has 2 rings (SSSR count). The van der Waals surface area contributed by atoms with Gasteiger partial charge in [-0.25, -0.2) is 13.2 Å². The van der Waals surface area contributed by atoms with Crippen molar-refractivity contribution in [2.24, 2.45) is 0 Å². The minimum absolute atomic E-state index is 0.0636. The second-order valence-electron chi connectivity index (χ2n) is 5.10. The maximum atomic E-state index is 12.7. The summed E-state index contributed by atoms with van der Waals surface area (Å²) in [6, 6.07) is 4.30. The summed E-state index contributed by atoms with van der Waals surface area (Å²) in [5.41, 5.74) is -0.141. The Morgan fingerprint density at radius 2 is 1.75 bits per heavy atom. The Morgan fingerprint density at radius 3 is 2.30 bits per heavy atom. The van der Waals surface area contributed by atoms with Gasteiger partial charge in [0.2, 0.25) is 0 Å². The Hall–Kier alpha value is -0.880. The number of hydrogen-bond acceptors (Lipinski definition) is 3. The number of carboxylic acids is 1. The summed E-state index contributed by atoms with van der Waals surface area (Å²) in [6.07, 6.45) is 5.12. The van der Waals surface area contributed by atoms with E-state index in [4.69, 9.17) is 0 Å². The van der Waals surface area contributed by atoms with E-state index < -0.39 is 21.1 Å². The van der Waals surface area contributed by atoms with Crippen LogP contribution in [0.15, 0.2) is 27.6 Å². The van der Waals surface area contributed by atoms with E-state index in [9.17, 15) is 18.3 Å². The quantitative estimate of drug-likeness (QED) is 0.835. The maximum Gasteiger partial charge on any atom is 0.337 e. The molecule has 0 amide bonds. The minimum Gasteiger partial charge on any atom is -0.478 e. The topological polar surface area (TPSA) is 71.4 Å². The molecule has 4 nitrogen and oxygen atoms in total. The molecule has 0 aliphatic heterocycles. The molecule has 1 aliphatic rings. The van der Waals surface area contributed by atoms with E-state index in [1.54, 1.807) is 6.07 Å². The third-order valence-electron chi connectivity index (χ3n) is 3.72. The highest BCUT2D eigenvalue weighted by atomic mass is 79.9. The Bertz CT molecular complexity index is 602. The zero-order valence-electron chi connectivity index (χ0n) is 11.0. The monoisotopic (exact) mass is 360 g/mol. The predicted octanol–water partition coefficient (Wildman–Crippen LogP) is 3.64. The smallest absolute Gasteiger partial charge is 0.337 e. The van der Waals surface area contributed by atoms with Gasteiger partial charge in [0.1, 0.15) is 0 Å². The molecule has 1 fully saturated rings. The summed E-state index contributed by atoms with van der Waals surface area (Å²) < 4.78 is 26.0. The highest BCUT2D eigenvalue weighted by Crippen LogP contribution is 2.31. The molecule has 0 bridgehead atoms. The van der Waals surface area contributed by atoms with Crippen LogP contribution in [-0.2, 0) is 9.84 Å². The average molecular weight is 361 g/mol. The summed E-state index contributed by atoms with van der Waals surface area (Å²) in [7, 11) is -3.59. The van der Waals surface area contributed by atoms with Crippen LogP contribution in [0, 0.1) is 0 Å². The number of rotatable bonds is 3. The molecular formula is C14H17BrO4S. The molecule has 1 aromatic carbocycles. The van der Waals surface area contributed by atoms with Crippen molar-refractivity contribution in [2.75, 3.05) is 0 Å². The molecule has 1 aliphatic carbocycles. The van der Waals surface area contributed by atoms with Gasteiger partial charge in [0, 0.05) is 4.47 Å². The molecule has 6 heteroatoms. The summed E-state index contributed by atoms with van der Waals surface area (Å²) in [6.45, 7) is 0. The fourth-order valence-corrected chi connectivity index (χ4v) is 5.22. The fraction of sp³-hybridized carbons (Fsp3) is 0.500. The van der Waals surface area contributed by atoms with Gasteiger partial charge in [-0.15, -0.1) is 0 Å². The van der Waals surface area contributed by atoms with Crippen LogP contribution >= 0.6 is 15.9 Å². The van der Waals surface area contributed by atoms with Crippen molar-refractivity contribution in [1.82, 2.24) is 0 Å². The first-order valence-corrected chi connectivity index (χ1v) is 9.03. The second-order valence-corrected chi connectivity index (χ2v) is 8.22. The predicted molar refractivity (Wildman–Crippen MR) is 79.8 cm³/mol. The van der Waals surface area contributed by atoms with E-state index in [1.807, 2.05) is 0 Å². The van der Waals surface area contributed by atoms with Crippen molar-refractivity contribution in [3.8, 4) is 0 Å². The highest BCUT2D eigenvalue weighted by Gasteiger charge is 2.31. The molecular weight excluding hydrogens is 344 g/mol. The lowest BCUT2D eigenvalue weighted by Gasteiger charge is -2.17.